The van der Waals surface area contributed by atoms with E-state index in [0.717, 1.165) is 0 Å². The van der Waals surface area contributed by atoms with Crippen molar-refractivity contribution in [3.8, 4) is 0 Å². The van der Waals surface area contributed by atoms with Crippen molar-refractivity contribution in [2.24, 2.45) is 28.6 Å². The number of hydrogen-bond acceptors (Lipinski definition) is 5. The van der Waals surface area contributed by atoms with Gasteiger partial charge in [-0.3, -0.25) is 24.0 Å². The number of carboxylic acids is 1. The van der Waals surface area contributed by atoms with E-state index in [2.05, 4.69) is 0 Å². The summed E-state index contributed by atoms with van der Waals surface area (Å²) in [5, 5.41) is 9.60. The van der Waals surface area contributed by atoms with E-state index >= 15 is 0 Å². The van der Waals surface area contributed by atoms with E-state index in [1.165, 1.54) is 0 Å². The Bertz CT molecular complexity index is 539. The van der Waals surface area contributed by atoms with Gasteiger partial charge in [-0.2, -0.15) is 0 Å². The molecule has 0 radical (unpaired) electrons. The van der Waals surface area contributed by atoms with Crippen LogP contribution in [-0.2, 0) is 24.0 Å². The first-order chi connectivity index (χ1) is 10.8. The second-order valence-electron chi connectivity index (χ2n) is 8.72. The van der Waals surface area contributed by atoms with Gasteiger partial charge in [-0.15, -0.1) is 0 Å². The predicted octanol–water partition coefficient (Wildman–Crippen LogP) is 1.84. The Labute approximate surface area is 141 Å². The summed E-state index contributed by atoms with van der Waals surface area (Å²) in [7, 11) is 0. The molecule has 2 saturated carbocycles. The number of Topliss-reactive ketones (excluding diaryl/α,β-unsaturated/α-hetero) is 4. The molecule has 2 rings (SSSR count). The van der Waals surface area contributed by atoms with Gasteiger partial charge in [-0.25, -0.2) is 0 Å². The average Bonchev–Trinajstić information content (AvgIpc) is 2.31. The molecule has 0 saturated heterocycles. The summed E-state index contributed by atoms with van der Waals surface area (Å²) >= 11 is 0. The molecule has 1 N–H and O–H groups in total. The first-order valence-electron chi connectivity index (χ1n) is 8.18. The van der Waals surface area contributed by atoms with Crippen LogP contribution in [0.5, 0.6) is 0 Å². The van der Waals surface area contributed by atoms with Crippen molar-refractivity contribution in [1.29, 1.82) is 0 Å². The summed E-state index contributed by atoms with van der Waals surface area (Å²) in [6.45, 7) is 7.09. The lowest BCUT2D eigenvalue weighted by Gasteiger charge is -2.39. The maximum absolute atomic E-state index is 12.4. The summed E-state index contributed by atoms with van der Waals surface area (Å²) in [6, 6.07) is 0. The van der Waals surface area contributed by atoms with Crippen LogP contribution in [0.1, 0.15) is 53.4 Å². The fraction of sp³-hybridized carbons (Fsp3) is 0.722. The molecule has 132 valence electrons. The lowest BCUT2D eigenvalue weighted by molar-refractivity contribution is -0.161. The van der Waals surface area contributed by atoms with E-state index in [9.17, 15) is 29.1 Å². The summed E-state index contributed by atoms with van der Waals surface area (Å²) in [6.07, 6.45) is 0.309. The Hall–Kier alpha value is -1.85. The van der Waals surface area contributed by atoms with Gasteiger partial charge in [0.25, 0.3) is 0 Å². The molecule has 0 spiro atoms. The molecule has 6 heteroatoms. The summed E-state index contributed by atoms with van der Waals surface area (Å²) in [4.78, 5) is 61.6. The van der Waals surface area contributed by atoms with Gasteiger partial charge in [-0.05, 0) is 10.8 Å². The van der Waals surface area contributed by atoms with Gasteiger partial charge in [0.05, 0.1) is 17.8 Å². The molecule has 0 unspecified atom stereocenters. The van der Waals surface area contributed by atoms with Gasteiger partial charge in [0.2, 0.25) is 0 Å². The third-order valence-corrected chi connectivity index (χ3v) is 5.00. The van der Waals surface area contributed by atoms with Crippen molar-refractivity contribution in [2.45, 2.75) is 53.4 Å². The molecule has 2 aliphatic rings. The zero-order valence-electron chi connectivity index (χ0n) is 14.5. The molecule has 0 aromatic heterocycles. The highest BCUT2D eigenvalue weighted by atomic mass is 16.4. The minimum absolute atomic E-state index is 0.0772. The normalized spacial score (nSPS) is 25.4. The minimum atomic E-state index is -1.57. The largest absolute Gasteiger partial charge is 0.481 e. The van der Waals surface area contributed by atoms with E-state index in [1.54, 1.807) is 27.7 Å². The Kier molecular flexibility index (Phi) is 4.55. The molecule has 0 atom stereocenters. The van der Waals surface area contributed by atoms with Crippen molar-refractivity contribution >= 4 is 29.1 Å². The first kappa shape index (κ1) is 18.5. The fourth-order valence-corrected chi connectivity index (χ4v) is 4.09. The maximum atomic E-state index is 12.4. The topological polar surface area (TPSA) is 106 Å². The SMILES string of the molecule is CC1(C)CC(=O)C(C(C(=O)O)C2C(=O)CC(C)(C)CC2=O)C(=O)C1. The molecule has 0 aromatic rings. The summed E-state index contributed by atoms with van der Waals surface area (Å²) in [5.74, 6) is -7.69. The second kappa shape index (κ2) is 5.90. The third kappa shape index (κ3) is 3.47. The lowest BCUT2D eigenvalue weighted by atomic mass is 9.61. The van der Waals surface area contributed by atoms with Crippen LogP contribution >= 0.6 is 0 Å². The fourth-order valence-electron chi connectivity index (χ4n) is 4.09. The standard InChI is InChI=1S/C18H24O6/c1-17(2)5-9(19)13(10(20)6-17)15(16(23)24)14-11(21)7-18(3,4)8-12(14)22/h13-15H,5-8H2,1-4H3,(H,23,24). The molecule has 6 nitrogen and oxygen atoms in total. The summed E-state index contributed by atoms with van der Waals surface area (Å²) < 4.78 is 0. The van der Waals surface area contributed by atoms with E-state index in [0.29, 0.717) is 0 Å². The van der Waals surface area contributed by atoms with Gasteiger partial charge in [0.1, 0.15) is 23.1 Å². The molecular formula is C18H24O6. The number of carbonyl (C=O) groups is 5. The van der Waals surface area contributed by atoms with Crippen LogP contribution in [0.3, 0.4) is 0 Å². The van der Waals surface area contributed by atoms with E-state index in [1.807, 2.05) is 0 Å². The molecule has 0 bridgehead atoms. The molecular weight excluding hydrogens is 312 g/mol. The van der Waals surface area contributed by atoms with Gasteiger partial charge in [0.15, 0.2) is 0 Å². The Balaban J connectivity index is 2.39. The number of carboxylic acid groups (broad SMARTS) is 1. The quantitative estimate of drug-likeness (QED) is 0.788. The zero-order chi connectivity index (χ0) is 18.4. The maximum Gasteiger partial charge on any atom is 0.308 e. The molecule has 0 heterocycles. The van der Waals surface area contributed by atoms with Crippen molar-refractivity contribution in [3.63, 3.8) is 0 Å². The Morgan fingerprint density at radius 2 is 1.04 bits per heavy atom. The first-order valence-corrected chi connectivity index (χ1v) is 8.18. The average molecular weight is 336 g/mol. The highest BCUT2D eigenvalue weighted by Crippen LogP contribution is 2.43. The monoisotopic (exact) mass is 336 g/mol. The van der Waals surface area contributed by atoms with Crippen LogP contribution in [0.4, 0.5) is 0 Å². The predicted molar refractivity (Wildman–Crippen MR) is 84.2 cm³/mol. The van der Waals surface area contributed by atoms with Gasteiger partial charge >= 0.3 is 5.97 Å². The van der Waals surface area contributed by atoms with Crippen LogP contribution < -0.4 is 0 Å². The van der Waals surface area contributed by atoms with Crippen molar-refractivity contribution in [2.75, 3.05) is 0 Å². The number of rotatable bonds is 3. The van der Waals surface area contributed by atoms with Crippen molar-refractivity contribution in [1.82, 2.24) is 0 Å². The Morgan fingerprint density at radius 1 is 0.792 bits per heavy atom. The highest BCUT2D eigenvalue weighted by molar-refractivity contribution is 6.13. The molecule has 0 aromatic carbocycles. The van der Waals surface area contributed by atoms with Gasteiger partial charge in [-0.1, -0.05) is 27.7 Å². The number of hydrogen-bond donors (Lipinski definition) is 1. The van der Waals surface area contributed by atoms with Crippen LogP contribution in [0.2, 0.25) is 0 Å². The van der Waals surface area contributed by atoms with E-state index < -0.39 is 57.7 Å². The second-order valence-corrected chi connectivity index (χ2v) is 8.72. The smallest absolute Gasteiger partial charge is 0.308 e. The molecule has 2 fully saturated rings. The highest BCUT2D eigenvalue weighted by Gasteiger charge is 2.54. The number of carbonyl (C=O) groups excluding carboxylic acids is 4. The van der Waals surface area contributed by atoms with Gasteiger partial charge in [0, 0.05) is 25.7 Å². The third-order valence-electron chi connectivity index (χ3n) is 5.00. The zero-order valence-corrected chi connectivity index (χ0v) is 14.5. The van der Waals surface area contributed by atoms with Crippen LogP contribution in [0.15, 0.2) is 0 Å². The summed E-state index contributed by atoms with van der Waals surface area (Å²) in [5.41, 5.74) is -1.04. The molecule has 0 aliphatic heterocycles. The van der Waals surface area contributed by atoms with Crippen LogP contribution in [0, 0.1) is 28.6 Å². The molecule has 24 heavy (non-hydrogen) atoms. The Morgan fingerprint density at radius 3 is 1.25 bits per heavy atom. The molecule has 2 aliphatic carbocycles. The van der Waals surface area contributed by atoms with E-state index in [4.69, 9.17) is 0 Å². The number of ketones is 4. The van der Waals surface area contributed by atoms with Crippen LogP contribution in [0.25, 0.3) is 0 Å². The van der Waals surface area contributed by atoms with Crippen LogP contribution in [-0.4, -0.2) is 34.2 Å². The number of aliphatic carboxylic acids is 1. The lowest BCUT2D eigenvalue weighted by Crippen LogP contribution is -2.52. The van der Waals surface area contributed by atoms with Crippen molar-refractivity contribution in [3.05, 3.63) is 0 Å². The van der Waals surface area contributed by atoms with Crippen molar-refractivity contribution < 1.29 is 29.1 Å². The molecule has 0 amide bonds. The van der Waals surface area contributed by atoms with E-state index in [-0.39, 0.29) is 25.7 Å². The minimum Gasteiger partial charge on any atom is -0.481 e. The van der Waals surface area contributed by atoms with Gasteiger partial charge < -0.3 is 5.11 Å².